The summed E-state index contributed by atoms with van der Waals surface area (Å²) in [5.41, 5.74) is -0.342. The molecule has 0 spiro atoms. The molecule has 5 nitrogen and oxygen atoms in total. The molecule has 100 valence electrons. The van der Waals surface area contributed by atoms with Crippen molar-refractivity contribution in [2.24, 2.45) is 0 Å². The molecule has 0 aliphatic rings. The molecule has 0 saturated heterocycles. The number of nitro groups is 1. The molecule has 0 amide bonds. The quantitative estimate of drug-likeness (QED) is 0.538. The Hall–Kier alpha value is -2.54. The largest absolute Gasteiger partial charge is 0.273 e. The topological polar surface area (TPSA) is 65.1 Å². The highest BCUT2D eigenvalue weighted by Gasteiger charge is 2.15. The van der Waals surface area contributed by atoms with Gasteiger partial charge < -0.3 is 0 Å². The van der Waals surface area contributed by atoms with Crippen LogP contribution in [0.1, 0.15) is 0 Å². The van der Waals surface area contributed by atoms with Gasteiger partial charge in [-0.15, -0.1) is 0 Å². The molecule has 0 bridgehead atoms. The highest BCUT2D eigenvalue weighted by atomic mass is 32.1. The zero-order chi connectivity index (χ0) is 14.3. The first-order valence-corrected chi connectivity index (χ1v) is 6.40. The molecule has 0 N–H and O–H groups in total. The molecule has 7 heteroatoms. The van der Waals surface area contributed by atoms with E-state index in [1.807, 2.05) is 0 Å². The van der Waals surface area contributed by atoms with Gasteiger partial charge in [0.05, 0.1) is 20.7 Å². The SMILES string of the molecule is O=c1c2ccc([N+](=O)[O-])cc2sn1-c1ccccc1F. The lowest BCUT2D eigenvalue weighted by molar-refractivity contribution is -0.384. The van der Waals surface area contributed by atoms with Crippen LogP contribution in [-0.2, 0) is 0 Å². The molecule has 20 heavy (non-hydrogen) atoms. The van der Waals surface area contributed by atoms with Gasteiger partial charge in [0, 0.05) is 12.1 Å². The van der Waals surface area contributed by atoms with Crippen LogP contribution in [0.15, 0.2) is 47.3 Å². The average molecular weight is 290 g/mol. The Labute approximate surface area is 115 Å². The predicted molar refractivity (Wildman–Crippen MR) is 74.0 cm³/mol. The van der Waals surface area contributed by atoms with E-state index in [0.717, 1.165) is 11.5 Å². The molecule has 3 rings (SSSR count). The van der Waals surface area contributed by atoms with Crippen LogP contribution in [0.25, 0.3) is 15.8 Å². The van der Waals surface area contributed by atoms with Crippen LogP contribution >= 0.6 is 11.5 Å². The fourth-order valence-corrected chi connectivity index (χ4v) is 2.95. The van der Waals surface area contributed by atoms with Crippen molar-refractivity contribution in [2.45, 2.75) is 0 Å². The van der Waals surface area contributed by atoms with E-state index in [4.69, 9.17) is 0 Å². The van der Waals surface area contributed by atoms with E-state index in [1.54, 1.807) is 6.07 Å². The van der Waals surface area contributed by atoms with Crippen molar-refractivity contribution in [1.29, 1.82) is 0 Å². The molecule has 0 radical (unpaired) electrons. The Kier molecular flexibility index (Phi) is 2.83. The zero-order valence-corrected chi connectivity index (χ0v) is 10.8. The molecule has 1 aromatic heterocycles. The molecule has 3 aromatic rings. The number of para-hydroxylation sites is 1. The molecule has 0 unspecified atom stereocenters. The van der Waals surface area contributed by atoms with Crippen LogP contribution in [0.2, 0.25) is 0 Å². The Morgan fingerprint density at radius 3 is 2.65 bits per heavy atom. The summed E-state index contributed by atoms with van der Waals surface area (Å²) in [6.45, 7) is 0. The summed E-state index contributed by atoms with van der Waals surface area (Å²) in [7, 11) is 0. The second kappa shape index (κ2) is 4.53. The second-order valence-corrected chi connectivity index (χ2v) is 5.07. The minimum atomic E-state index is -0.531. The number of fused-ring (bicyclic) bond motifs is 1. The maximum atomic E-state index is 13.7. The third-order valence-corrected chi connectivity index (χ3v) is 3.93. The lowest BCUT2D eigenvalue weighted by Gasteiger charge is -2.00. The lowest BCUT2D eigenvalue weighted by atomic mass is 10.2. The standard InChI is InChI=1S/C13H7FN2O3S/c14-10-3-1-2-4-11(10)15-13(17)9-6-5-8(16(18)19)7-12(9)20-15/h1-7H. The Bertz CT molecular complexity index is 885. The molecule has 0 saturated carbocycles. The zero-order valence-electron chi connectivity index (χ0n) is 9.95. The van der Waals surface area contributed by atoms with Crippen LogP contribution in [0, 0.1) is 15.9 Å². The Balaban J connectivity index is 2.29. The van der Waals surface area contributed by atoms with E-state index in [2.05, 4.69) is 0 Å². The van der Waals surface area contributed by atoms with Gasteiger partial charge in [-0.1, -0.05) is 23.7 Å². The maximum Gasteiger partial charge on any atom is 0.273 e. The van der Waals surface area contributed by atoms with E-state index in [-0.39, 0.29) is 16.9 Å². The number of hydrogen-bond donors (Lipinski definition) is 0. The molecular weight excluding hydrogens is 283 g/mol. The third kappa shape index (κ3) is 1.88. The van der Waals surface area contributed by atoms with Crippen molar-refractivity contribution in [1.82, 2.24) is 3.96 Å². The number of nitrogens with zero attached hydrogens (tertiary/aromatic N) is 2. The van der Waals surface area contributed by atoms with E-state index in [1.165, 1.54) is 40.4 Å². The van der Waals surface area contributed by atoms with Crippen LogP contribution < -0.4 is 5.56 Å². The van der Waals surface area contributed by atoms with E-state index < -0.39 is 10.7 Å². The molecule has 0 atom stereocenters. The van der Waals surface area contributed by atoms with Gasteiger partial charge in [-0.25, -0.2) is 8.35 Å². The predicted octanol–water partition coefficient (Wildman–Crippen LogP) is 3.10. The first-order chi connectivity index (χ1) is 9.58. The van der Waals surface area contributed by atoms with Gasteiger partial charge in [0.15, 0.2) is 0 Å². The number of benzene rings is 2. The number of nitro benzene ring substituents is 1. The lowest BCUT2D eigenvalue weighted by Crippen LogP contribution is -2.11. The number of rotatable bonds is 2. The third-order valence-electron chi connectivity index (χ3n) is 2.85. The number of aromatic nitrogens is 1. The number of non-ortho nitro benzene ring substituents is 1. The van der Waals surface area contributed by atoms with Crippen LogP contribution in [0.4, 0.5) is 10.1 Å². The van der Waals surface area contributed by atoms with Crippen molar-refractivity contribution < 1.29 is 9.31 Å². The van der Waals surface area contributed by atoms with E-state index in [9.17, 15) is 19.3 Å². The molecule has 0 aliphatic carbocycles. The molecular formula is C13H7FN2O3S. The Morgan fingerprint density at radius 1 is 1.20 bits per heavy atom. The molecule has 2 aromatic carbocycles. The first-order valence-electron chi connectivity index (χ1n) is 5.63. The van der Waals surface area contributed by atoms with E-state index in [0.29, 0.717) is 10.1 Å². The minimum Gasteiger partial charge on any atom is -0.267 e. The summed E-state index contributed by atoms with van der Waals surface area (Å²) in [6, 6.07) is 9.87. The van der Waals surface area contributed by atoms with Gasteiger partial charge in [-0.2, -0.15) is 0 Å². The minimum absolute atomic E-state index is 0.0977. The summed E-state index contributed by atoms with van der Waals surface area (Å²) in [5, 5.41) is 11.1. The maximum absolute atomic E-state index is 13.7. The van der Waals surface area contributed by atoms with Crippen LogP contribution in [0.3, 0.4) is 0 Å². The average Bonchev–Trinajstić information content (AvgIpc) is 2.76. The van der Waals surface area contributed by atoms with Gasteiger partial charge in [-0.3, -0.25) is 14.9 Å². The van der Waals surface area contributed by atoms with Gasteiger partial charge >= 0.3 is 0 Å². The first kappa shape index (κ1) is 12.5. The van der Waals surface area contributed by atoms with E-state index >= 15 is 0 Å². The van der Waals surface area contributed by atoms with Crippen molar-refractivity contribution >= 4 is 27.3 Å². The van der Waals surface area contributed by atoms with Crippen molar-refractivity contribution in [2.75, 3.05) is 0 Å². The summed E-state index contributed by atoms with van der Waals surface area (Å²) in [6.07, 6.45) is 0. The molecule has 0 aliphatic heterocycles. The fraction of sp³-hybridized carbons (Fsp3) is 0. The normalized spacial score (nSPS) is 10.8. The monoisotopic (exact) mass is 290 g/mol. The summed E-state index contributed by atoms with van der Waals surface area (Å²) >= 11 is 0.982. The fourth-order valence-electron chi connectivity index (χ4n) is 1.90. The number of hydrogen-bond acceptors (Lipinski definition) is 4. The summed E-state index contributed by atoms with van der Waals surface area (Å²) in [5.74, 6) is -0.518. The highest BCUT2D eigenvalue weighted by molar-refractivity contribution is 7.14. The van der Waals surface area contributed by atoms with Crippen molar-refractivity contribution in [3.05, 3.63) is 68.7 Å². The number of halogens is 1. The Morgan fingerprint density at radius 2 is 1.95 bits per heavy atom. The summed E-state index contributed by atoms with van der Waals surface area (Å²) in [4.78, 5) is 22.4. The highest BCUT2D eigenvalue weighted by Crippen LogP contribution is 2.25. The summed E-state index contributed by atoms with van der Waals surface area (Å²) < 4.78 is 15.4. The van der Waals surface area contributed by atoms with Gasteiger partial charge in [-0.05, 0) is 18.2 Å². The smallest absolute Gasteiger partial charge is 0.267 e. The van der Waals surface area contributed by atoms with Crippen LogP contribution in [0.5, 0.6) is 0 Å². The van der Waals surface area contributed by atoms with Crippen LogP contribution in [-0.4, -0.2) is 8.88 Å². The van der Waals surface area contributed by atoms with Crippen molar-refractivity contribution in [3.8, 4) is 5.69 Å². The van der Waals surface area contributed by atoms with Gasteiger partial charge in [0.25, 0.3) is 11.2 Å². The van der Waals surface area contributed by atoms with Gasteiger partial charge in [0.2, 0.25) is 0 Å². The second-order valence-electron chi connectivity index (χ2n) is 4.08. The van der Waals surface area contributed by atoms with Crippen molar-refractivity contribution in [3.63, 3.8) is 0 Å². The molecule has 1 heterocycles. The molecule has 0 fully saturated rings. The van der Waals surface area contributed by atoms with Gasteiger partial charge in [0.1, 0.15) is 5.82 Å².